The molecule has 0 radical (unpaired) electrons. The Hall–Kier alpha value is -3.58. The van der Waals surface area contributed by atoms with Gasteiger partial charge in [-0.25, -0.2) is 0 Å². The zero-order valence-corrected chi connectivity index (χ0v) is 17.7. The minimum Gasteiger partial charge on any atom is -0.506 e. The minimum atomic E-state index is -0.348. The van der Waals surface area contributed by atoms with Crippen LogP contribution in [0.2, 0.25) is 0 Å². The summed E-state index contributed by atoms with van der Waals surface area (Å²) in [6.07, 6.45) is 3.84. The number of ether oxygens (including phenoxy) is 1. The second-order valence-electron chi connectivity index (χ2n) is 6.94. The molecule has 0 atom stereocenters. The third-order valence-electron chi connectivity index (χ3n) is 5.23. The van der Waals surface area contributed by atoms with Crippen molar-refractivity contribution >= 4 is 33.8 Å². The highest BCUT2D eigenvalue weighted by Gasteiger charge is 2.22. The van der Waals surface area contributed by atoms with Crippen molar-refractivity contribution in [3.8, 4) is 17.2 Å². The second kappa shape index (κ2) is 7.68. The molecule has 2 heterocycles. The van der Waals surface area contributed by atoms with Crippen LogP contribution >= 0.6 is 12.2 Å². The largest absolute Gasteiger partial charge is 0.506 e. The Balaban J connectivity index is 1.84. The highest BCUT2D eigenvalue weighted by atomic mass is 32.1. The predicted octanol–water partition coefficient (Wildman–Crippen LogP) is 3.86. The Kier molecular flexibility index (Phi) is 5.05. The first-order valence-electron chi connectivity index (χ1n) is 9.33. The Morgan fingerprint density at radius 2 is 1.77 bits per heavy atom. The van der Waals surface area contributed by atoms with Crippen LogP contribution in [-0.4, -0.2) is 33.4 Å². The van der Waals surface area contributed by atoms with Gasteiger partial charge in [0.15, 0.2) is 0 Å². The number of rotatable bonds is 4. The van der Waals surface area contributed by atoms with Crippen molar-refractivity contribution in [2.45, 2.75) is 0 Å². The van der Waals surface area contributed by atoms with Crippen molar-refractivity contribution in [3.05, 3.63) is 82.9 Å². The number of anilines is 1. The van der Waals surface area contributed by atoms with Crippen molar-refractivity contribution in [1.29, 1.82) is 0 Å². The molecule has 4 aromatic rings. The van der Waals surface area contributed by atoms with E-state index >= 15 is 0 Å². The lowest BCUT2D eigenvalue weighted by molar-refractivity contribution is 0.415. The lowest BCUT2D eigenvalue weighted by Crippen LogP contribution is -2.33. The summed E-state index contributed by atoms with van der Waals surface area (Å²) >= 11 is 5.61. The average Bonchev–Trinajstić information content (AvgIpc) is 3.32. The van der Waals surface area contributed by atoms with Gasteiger partial charge in [-0.2, -0.15) is 0 Å². The highest BCUT2D eigenvalue weighted by Crippen LogP contribution is 2.30. The van der Waals surface area contributed by atoms with Gasteiger partial charge in [-0.15, -0.1) is 0 Å². The number of pyridine rings is 1. The smallest absolute Gasteiger partial charge is 0.264 e. The first kappa shape index (κ1) is 19.7. The number of benzene rings is 2. The van der Waals surface area contributed by atoms with Crippen LogP contribution in [-0.2, 0) is 7.05 Å². The average molecular weight is 420 g/mol. The first-order chi connectivity index (χ1) is 14.4. The fraction of sp³-hybridized carbons (Fsp3) is 0.130. The third-order valence-corrected chi connectivity index (χ3v) is 5.71. The number of methoxy groups -OCH3 is 1. The Bertz CT molecular complexity index is 1290. The summed E-state index contributed by atoms with van der Waals surface area (Å²) in [6, 6.07) is 16.8. The van der Waals surface area contributed by atoms with Gasteiger partial charge in [-0.1, -0.05) is 12.2 Å². The van der Waals surface area contributed by atoms with Crippen molar-refractivity contribution < 1.29 is 9.84 Å². The molecule has 6 nitrogen and oxygen atoms in total. The number of aryl methyl sites for hydroxylation is 1. The van der Waals surface area contributed by atoms with Crippen molar-refractivity contribution in [2.75, 3.05) is 19.1 Å². The molecule has 0 saturated carbocycles. The van der Waals surface area contributed by atoms with Gasteiger partial charge >= 0.3 is 0 Å². The third kappa shape index (κ3) is 3.23. The van der Waals surface area contributed by atoms with Crippen molar-refractivity contribution in [2.24, 2.45) is 7.05 Å². The molecule has 2 aromatic carbocycles. The molecule has 0 aliphatic heterocycles. The fourth-order valence-corrected chi connectivity index (χ4v) is 3.76. The molecule has 0 bridgehead atoms. The highest BCUT2D eigenvalue weighted by molar-refractivity contribution is 7.81. The number of thiocarbonyl (C=S) groups is 1. The zero-order chi connectivity index (χ0) is 21.4. The molecule has 30 heavy (non-hydrogen) atoms. The number of fused-ring (bicyclic) bond motifs is 1. The zero-order valence-electron chi connectivity index (χ0n) is 16.9. The summed E-state index contributed by atoms with van der Waals surface area (Å²) in [5, 5.41) is 11.6. The van der Waals surface area contributed by atoms with Gasteiger partial charge in [0.25, 0.3) is 5.56 Å². The Morgan fingerprint density at radius 1 is 1.10 bits per heavy atom. The number of hydrogen-bond donors (Lipinski definition) is 1. The molecule has 0 unspecified atom stereocenters. The summed E-state index contributed by atoms with van der Waals surface area (Å²) in [4.78, 5) is 15.0. The normalized spacial score (nSPS) is 10.9. The predicted molar refractivity (Wildman–Crippen MR) is 123 cm³/mol. The molecular formula is C23H21N3O3S. The molecular weight excluding hydrogens is 398 g/mol. The van der Waals surface area contributed by atoms with E-state index in [9.17, 15) is 9.90 Å². The lowest BCUT2D eigenvalue weighted by atomic mass is 10.1. The SMILES string of the molecule is COc1ccc(N(C)C(=S)c2c(O)c3cc(-n4cccc4)ccc3n(C)c2=O)cc1. The maximum atomic E-state index is 13.1. The van der Waals surface area contributed by atoms with Crippen LogP contribution in [0.15, 0.2) is 71.8 Å². The van der Waals surface area contributed by atoms with Crippen LogP contribution in [0.5, 0.6) is 11.5 Å². The van der Waals surface area contributed by atoms with Crippen LogP contribution in [0.4, 0.5) is 5.69 Å². The Morgan fingerprint density at radius 3 is 2.40 bits per heavy atom. The van der Waals surface area contributed by atoms with Crippen molar-refractivity contribution in [1.82, 2.24) is 9.13 Å². The standard InChI is InChI=1S/C23H21N3O3S/c1-24(15-6-9-17(29-3)10-7-15)23(30)20-21(27)18-14-16(26-12-4-5-13-26)8-11-19(18)25(2)22(20)28/h4-14,27H,1-3H3. The molecule has 0 aliphatic rings. The van der Waals surface area contributed by atoms with Gasteiger partial charge in [-0.3, -0.25) is 4.79 Å². The van der Waals surface area contributed by atoms with Crippen LogP contribution in [0, 0.1) is 0 Å². The number of aromatic nitrogens is 2. The van der Waals surface area contributed by atoms with E-state index in [0.717, 1.165) is 17.1 Å². The van der Waals surface area contributed by atoms with Gasteiger partial charge in [0.1, 0.15) is 22.1 Å². The van der Waals surface area contributed by atoms with Gasteiger partial charge in [0.05, 0.1) is 12.6 Å². The maximum absolute atomic E-state index is 13.1. The van der Waals surface area contributed by atoms with Gasteiger partial charge in [-0.05, 0) is 54.6 Å². The van der Waals surface area contributed by atoms with E-state index in [1.54, 1.807) is 26.1 Å². The summed E-state index contributed by atoms with van der Waals surface area (Å²) in [7, 11) is 5.05. The van der Waals surface area contributed by atoms with E-state index in [-0.39, 0.29) is 21.9 Å². The molecule has 0 amide bonds. The van der Waals surface area contributed by atoms with Crippen molar-refractivity contribution in [3.63, 3.8) is 0 Å². The van der Waals surface area contributed by atoms with Gasteiger partial charge in [0.2, 0.25) is 0 Å². The quantitative estimate of drug-likeness (QED) is 0.509. The van der Waals surface area contributed by atoms with Gasteiger partial charge in [0, 0.05) is 43.3 Å². The fourth-order valence-electron chi connectivity index (χ4n) is 3.47. The van der Waals surface area contributed by atoms with E-state index in [1.165, 1.54) is 4.57 Å². The lowest BCUT2D eigenvalue weighted by Gasteiger charge is -2.22. The monoisotopic (exact) mass is 419 g/mol. The molecule has 4 rings (SSSR count). The van der Waals surface area contributed by atoms with E-state index in [4.69, 9.17) is 17.0 Å². The maximum Gasteiger partial charge on any atom is 0.264 e. The molecule has 0 fully saturated rings. The summed E-state index contributed by atoms with van der Waals surface area (Å²) in [5.41, 5.74) is 2.04. The number of hydrogen-bond acceptors (Lipinski definition) is 4. The Labute approximate surface area is 179 Å². The van der Waals surface area contributed by atoms with Crippen LogP contribution in [0.1, 0.15) is 5.56 Å². The molecule has 2 aromatic heterocycles. The number of aromatic hydroxyl groups is 1. The number of nitrogens with zero attached hydrogens (tertiary/aromatic N) is 3. The van der Waals surface area contributed by atoms with Crippen LogP contribution < -0.4 is 15.2 Å². The van der Waals surface area contributed by atoms with Gasteiger partial charge < -0.3 is 23.9 Å². The van der Waals surface area contributed by atoms with Crippen LogP contribution in [0.25, 0.3) is 16.6 Å². The molecule has 1 N–H and O–H groups in total. The summed E-state index contributed by atoms with van der Waals surface area (Å²) in [5.74, 6) is 0.604. The van der Waals surface area contributed by atoms with E-state index < -0.39 is 0 Å². The molecule has 0 spiro atoms. The van der Waals surface area contributed by atoms with Crippen LogP contribution in [0.3, 0.4) is 0 Å². The van der Waals surface area contributed by atoms with E-state index in [2.05, 4.69) is 0 Å². The minimum absolute atomic E-state index is 0.1000. The molecule has 152 valence electrons. The molecule has 7 heteroatoms. The second-order valence-corrected chi connectivity index (χ2v) is 7.33. The topological polar surface area (TPSA) is 59.6 Å². The molecule has 0 saturated heterocycles. The first-order valence-corrected chi connectivity index (χ1v) is 9.74. The van der Waals surface area contributed by atoms with E-state index in [0.29, 0.717) is 10.9 Å². The summed E-state index contributed by atoms with van der Waals surface area (Å²) in [6.45, 7) is 0. The van der Waals surface area contributed by atoms with E-state index in [1.807, 2.05) is 71.6 Å². The molecule has 0 aliphatic carbocycles. The summed E-state index contributed by atoms with van der Waals surface area (Å²) < 4.78 is 8.64.